The van der Waals surface area contributed by atoms with Gasteiger partial charge in [0.2, 0.25) is 5.91 Å². The lowest BCUT2D eigenvalue weighted by molar-refractivity contribution is -0.125. The highest BCUT2D eigenvalue weighted by Gasteiger charge is 2.34. The zero-order chi connectivity index (χ0) is 21.5. The number of benzene rings is 1. The van der Waals surface area contributed by atoms with Gasteiger partial charge in [0.1, 0.15) is 9.71 Å². The third kappa shape index (κ3) is 3.23. The van der Waals surface area contributed by atoms with E-state index in [0.29, 0.717) is 40.6 Å². The maximum atomic E-state index is 13.1. The Balaban J connectivity index is 1.48. The van der Waals surface area contributed by atoms with Crippen LogP contribution < -0.4 is 15.5 Å². The molecule has 1 saturated heterocycles. The molecule has 4 heterocycles. The Kier molecular flexibility index (Phi) is 4.67. The van der Waals surface area contributed by atoms with E-state index in [1.54, 1.807) is 22.1 Å². The molecule has 0 unspecified atom stereocenters. The van der Waals surface area contributed by atoms with Gasteiger partial charge in [-0.05, 0) is 30.7 Å². The van der Waals surface area contributed by atoms with Gasteiger partial charge in [-0.3, -0.25) is 14.5 Å². The van der Waals surface area contributed by atoms with Crippen molar-refractivity contribution in [3.63, 3.8) is 0 Å². The summed E-state index contributed by atoms with van der Waals surface area (Å²) >= 11 is 1.24. The van der Waals surface area contributed by atoms with E-state index in [1.807, 2.05) is 30.3 Å². The van der Waals surface area contributed by atoms with Crippen molar-refractivity contribution in [3.8, 4) is 0 Å². The Morgan fingerprint density at radius 3 is 2.84 bits per heavy atom. The summed E-state index contributed by atoms with van der Waals surface area (Å²) in [5.74, 6) is -0.425. The van der Waals surface area contributed by atoms with Gasteiger partial charge in [0.15, 0.2) is 0 Å². The molecule has 2 aliphatic heterocycles. The van der Waals surface area contributed by atoms with E-state index in [9.17, 15) is 14.4 Å². The first-order chi connectivity index (χ1) is 15.1. The standard InChI is InChI=1S/C22H19N5O3S/c1-2-16(28)26-11-9-13(12-26)24-20(29)19-18-17-15(8-10-23-21(17)31-19)27(22(30)25-18)14-6-4-3-5-7-14/h2-8,10,13H,1,9,11-12H2,(H,24,29)(H,25,30)/t13-/m1/s1. The first-order valence-corrected chi connectivity index (χ1v) is 10.7. The molecular formula is C22H19N5O3S. The molecule has 2 aromatic heterocycles. The van der Waals surface area contributed by atoms with Gasteiger partial charge < -0.3 is 15.5 Å². The van der Waals surface area contributed by atoms with Crippen molar-refractivity contribution in [1.29, 1.82) is 0 Å². The number of amides is 4. The summed E-state index contributed by atoms with van der Waals surface area (Å²) in [6, 6.07) is 10.6. The number of rotatable bonds is 4. The zero-order valence-corrected chi connectivity index (χ0v) is 17.3. The minimum absolute atomic E-state index is 0.143. The van der Waals surface area contributed by atoms with E-state index in [1.165, 1.54) is 17.4 Å². The van der Waals surface area contributed by atoms with Crippen molar-refractivity contribution in [3.05, 3.63) is 60.1 Å². The molecule has 156 valence electrons. The van der Waals surface area contributed by atoms with Crippen LogP contribution in [0.5, 0.6) is 0 Å². The van der Waals surface area contributed by atoms with Crippen LogP contribution in [0.3, 0.4) is 0 Å². The van der Waals surface area contributed by atoms with Crippen molar-refractivity contribution in [1.82, 2.24) is 15.2 Å². The van der Waals surface area contributed by atoms with Gasteiger partial charge in [-0.2, -0.15) is 0 Å². The maximum absolute atomic E-state index is 13.1. The van der Waals surface area contributed by atoms with Crippen molar-refractivity contribution in [2.75, 3.05) is 23.3 Å². The predicted octanol–water partition coefficient (Wildman–Crippen LogP) is 3.50. The van der Waals surface area contributed by atoms with E-state index in [2.05, 4.69) is 22.2 Å². The number of urea groups is 1. The summed E-state index contributed by atoms with van der Waals surface area (Å²) in [6.45, 7) is 4.52. The van der Waals surface area contributed by atoms with Gasteiger partial charge in [-0.25, -0.2) is 9.78 Å². The van der Waals surface area contributed by atoms with E-state index in [4.69, 9.17) is 0 Å². The van der Waals surface area contributed by atoms with Crippen molar-refractivity contribution in [2.24, 2.45) is 0 Å². The normalized spacial score (nSPS) is 17.5. The molecule has 0 spiro atoms. The molecular weight excluding hydrogens is 414 g/mol. The minimum atomic E-state index is -0.331. The second-order valence-electron chi connectivity index (χ2n) is 7.36. The van der Waals surface area contributed by atoms with Gasteiger partial charge in [0.25, 0.3) is 5.91 Å². The molecule has 3 aromatic rings. The third-order valence-electron chi connectivity index (χ3n) is 5.48. The van der Waals surface area contributed by atoms with Crippen LogP contribution in [0.15, 0.2) is 55.3 Å². The van der Waals surface area contributed by atoms with E-state index in [0.717, 1.165) is 11.1 Å². The molecule has 2 aliphatic rings. The second kappa shape index (κ2) is 7.51. The molecule has 8 nitrogen and oxygen atoms in total. The number of carbonyl (C=O) groups excluding carboxylic acids is 3. The highest BCUT2D eigenvalue weighted by atomic mass is 32.1. The van der Waals surface area contributed by atoms with Crippen LogP contribution in [0.4, 0.5) is 21.9 Å². The van der Waals surface area contributed by atoms with Gasteiger partial charge >= 0.3 is 6.03 Å². The largest absolute Gasteiger partial charge is 0.347 e. The zero-order valence-electron chi connectivity index (χ0n) is 16.5. The molecule has 0 saturated carbocycles. The monoisotopic (exact) mass is 433 g/mol. The average molecular weight is 433 g/mol. The van der Waals surface area contributed by atoms with Crippen LogP contribution in [0.2, 0.25) is 0 Å². The summed E-state index contributed by atoms with van der Waals surface area (Å²) in [4.78, 5) is 46.6. The van der Waals surface area contributed by atoms with Gasteiger partial charge in [-0.1, -0.05) is 24.8 Å². The fourth-order valence-electron chi connectivity index (χ4n) is 4.04. The Labute approximate surface area is 182 Å². The molecule has 1 aromatic carbocycles. The summed E-state index contributed by atoms with van der Waals surface area (Å²) in [7, 11) is 0. The lowest BCUT2D eigenvalue weighted by Crippen LogP contribution is -2.39. The summed E-state index contributed by atoms with van der Waals surface area (Å²) in [5.41, 5.74) is 1.90. The molecule has 5 rings (SSSR count). The molecule has 0 radical (unpaired) electrons. The number of aromatic nitrogens is 1. The number of hydrogen-bond acceptors (Lipinski definition) is 5. The van der Waals surface area contributed by atoms with Gasteiger partial charge in [0.05, 0.1) is 22.4 Å². The SMILES string of the molecule is C=CC(=O)N1CC[C@@H](NC(=O)c2sc3nccc4c3c2NC(=O)N4c2ccccc2)C1. The molecule has 0 aliphatic carbocycles. The first-order valence-electron chi connectivity index (χ1n) is 9.86. The van der Waals surface area contributed by atoms with Gasteiger partial charge in [-0.15, -0.1) is 11.3 Å². The van der Waals surface area contributed by atoms with E-state index < -0.39 is 0 Å². The Bertz CT molecular complexity index is 1220. The number of hydrogen-bond donors (Lipinski definition) is 2. The Morgan fingerprint density at radius 1 is 1.26 bits per heavy atom. The molecule has 2 N–H and O–H groups in total. The fourth-order valence-corrected chi connectivity index (χ4v) is 5.06. The second-order valence-corrected chi connectivity index (χ2v) is 8.36. The molecule has 1 fully saturated rings. The summed E-state index contributed by atoms with van der Waals surface area (Å²) in [5, 5.41) is 6.62. The Morgan fingerprint density at radius 2 is 2.06 bits per heavy atom. The van der Waals surface area contributed by atoms with Crippen molar-refractivity contribution in [2.45, 2.75) is 12.5 Å². The van der Waals surface area contributed by atoms with E-state index in [-0.39, 0.29) is 23.9 Å². The maximum Gasteiger partial charge on any atom is 0.331 e. The van der Waals surface area contributed by atoms with Crippen LogP contribution in [-0.2, 0) is 4.79 Å². The number of carbonyl (C=O) groups is 3. The Hall–Kier alpha value is -3.72. The predicted molar refractivity (Wildman–Crippen MR) is 120 cm³/mol. The fraction of sp³-hybridized carbons (Fsp3) is 0.182. The number of nitrogens with zero attached hydrogens (tertiary/aromatic N) is 3. The van der Waals surface area contributed by atoms with Crippen LogP contribution >= 0.6 is 11.3 Å². The van der Waals surface area contributed by atoms with Crippen LogP contribution in [-0.4, -0.2) is 46.9 Å². The van der Waals surface area contributed by atoms with Gasteiger partial charge in [0, 0.05) is 25.3 Å². The smallest absolute Gasteiger partial charge is 0.331 e. The first kappa shape index (κ1) is 19.3. The van der Waals surface area contributed by atoms with Crippen molar-refractivity contribution < 1.29 is 14.4 Å². The lowest BCUT2D eigenvalue weighted by Gasteiger charge is -2.28. The lowest BCUT2D eigenvalue weighted by atomic mass is 10.1. The number of para-hydroxylation sites is 1. The summed E-state index contributed by atoms with van der Waals surface area (Å²) < 4.78 is 0. The molecule has 4 amide bonds. The molecule has 9 heteroatoms. The highest BCUT2D eigenvalue weighted by Crippen LogP contribution is 2.45. The van der Waals surface area contributed by atoms with Crippen LogP contribution in [0.25, 0.3) is 10.2 Å². The molecule has 31 heavy (non-hydrogen) atoms. The van der Waals surface area contributed by atoms with Crippen molar-refractivity contribution >= 4 is 56.5 Å². The third-order valence-corrected chi connectivity index (χ3v) is 6.57. The number of pyridine rings is 1. The van der Waals surface area contributed by atoms with Crippen LogP contribution in [0, 0.1) is 0 Å². The molecule has 1 atom stereocenters. The highest BCUT2D eigenvalue weighted by molar-refractivity contribution is 7.21. The minimum Gasteiger partial charge on any atom is -0.347 e. The van der Waals surface area contributed by atoms with E-state index >= 15 is 0 Å². The topological polar surface area (TPSA) is 94.6 Å². The summed E-state index contributed by atoms with van der Waals surface area (Å²) in [6.07, 6.45) is 3.59. The van der Waals surface area contributed by atoms with Crippen LogP contribution in [0.1, 0.15) is 16.1 Å². The quantitative estimate of drug-likeness (QED) is 0.616. The number of likely N-dealkylation sites (tertiary alicyclic amines) is 1. The number of anilines is 3. The number of thiophene rings is 1. The average Bonchev–Trinajstić information content (AvgIpc) is 3.40. The number of nitrogens with one attached hydrogen (secondary N) is 2. The molecule has 0 bridgehead atoms.